The second kappa shape index (κ2) is 4.34. The van der Waals surface area contributed by atoms with Crippen LogP contribution in [0.4, 0.5) is 11.4 Å². The molecule has 5 heteroatoms. The monoisotopic (exact) mass is 260 g/mol. The fraction of sp³-hybridized carbons (Fsp3) is 0.154. The fourth-order valence-corrected chi connectivity index (χ4v) is 2.73. The summed E-state index contributed by atoms with van der Waals surface area (Å²) in [6.45, 7) is 0. The molecule has 1 aliphatic heterocycles. The van der Waals surface area contributed by atoms with E-state index < -0.39 is 0 Å². The Morgan fingerprint density at radius 1 is 1.28 bits per heavy atom. The van der Waals surface area contributed by atoms with Gasteiger partial charge in [0, 0.05) is 10.9 Å². The molecule has 1 aromatic heterocycles. The van der Waals surface area contributed by atoms with Gasteiger partial charge in [-0.3, -0.25) is 4.79 Å². The second-order valence-electron chi connectivity index (χ2n) is 3.99. The molecule has 0 aliphatic carbocycles. The summed E-state index contributed by atoms with van der Waals surface area (Å²) in [4.78, 5) is 13.1. The Kier molecular flexibility index (Phi) is 2.68. The zero-order valence-electron chi connectivity index (χ0n) is 9.77. The van der Waals surface area contributed by atoms with Crippen LogP contribution in [0.25, 0.3) is 0 Å². The quantitative estimate of drug-likeness (QED) is 0.873. The lowest BCUT2D eigenvalue weighted by atomic mass is 10.1. The summed E-state index contributed by atoms with van der Waals surface area (Å²) in [5.74, 6) is 0.684. The minimum Gasteiger partial charge on any atom is -0.497 e. The highest BCUT2D eigenvalue weighted by Gasteiger charge is 2.27. The number of carbonyl (C=O) groups is 1. The largest absolute Gasteiger partial charge is 0.497 e. The Bertz CT molecular complexity index is 581. The molecule has 18 heavy (non-hydrogen) atoms. The SMILES string of the molecule is COc1ccc2c(c1)NC(=O)C(c1cccs1)N2. The number of rotatable bonds is 2. The van der Waals surface area contributed by atoms with Gasteiger partial charge in [-0.2, -0.15) is 0 Å². The van der Waals surface area contributed by atoms with Gasteiger partial charge in [0.15, 0.2) is 0 Å². The van der Waals surface area contributed by atoms with Gasteiger partial charge in [0.2, 0.25) is 0 Å². The Morgan fingerprint density at radius 2 is 2.17 bits per heavy atom. The van der Waals surface area contributed by atoms with Crippen LogP contribution >= 0.6 is 11.3 Å². The number of carbonyl (C=O) groups excluding carboxylic acids is 1. The van der Waals surface area contributed by atoms with Crippen LogP contribution in [-0.2, 0) is 4.79 Å². The Hall–Kier alpha value is -2.01. The van der Waals surface area contributed by atoms with E-state index in [1.54, 1.807) is 18.4 Å². The third-order valence-electron chi connectivity index (χ3n) is 2.87. The summed E-state index contributed by atoms with van der Waals surface area (Å²) in [5, 5.41) is 8.11. The highest BCUT2D eigenvalue weighted by molar-refractivity contribution is 7.10. The molecule has 1 aromatic carbocycles. The summed E-state index contributed by atoms with van der Waals surface area (Å²) in [7, 11) is 1.61. The van der Waals surface area contributed by atoms with Crippen LogP contribution in [-0.4, -0.2) is 13.0 Å². The first-order chi connectivity index (χ1) is 8.78. The number of ether oxygens (including phenoxy) is 1. The van der Waals surface area contributed by atoms with E-state index in [1.165, 1.54) is 0 Å². The molecule has 1 aliphatic rings. The molecule has 1 unspecified atom stereocenters. The van der Waals surface area contributed by atoms with Gasteiger partial charge in [-0.1, -0.05) is 6.07 Å². The molecule has 0 spiro atoms. The van der Waals surface area contributed by atoms with Crippen LogP contribution in [0.15, 0.2) is 35.7 Å². The number of methoxy groups -OCH3 is 1. The predicted molar refractivity (Wildman–Crippen MR) is 72.3 cm³/mol. The number of thiophene rings is 1. The van der Waals surface area contributed by atoms with Crippen LogP contribution < -0.4 is 15.4 Å². The molecule has 3 rings (SSSR count). The number of hydrogen-bond donors (Lipinski definition) is 2. The van der Waals surface area contributed by atoms with E-state index in [9.17, 15) is 4.79 Å². The molecule has 1 atom stereocenters. The third kappa shape index (κ3) is 1.82. The molecule has 1 amide bonds. The van der Waals surface area contributed by atoms with E-state index in [0.29, 0.717) is 0 Å². The number of hydrogen-bond acceptors (Lipinski definition) is 4. The van der Waals surface area contributed by atoms with E-state index >= 15 is 0 Å². The van der Waals surface area contributed by atoms with Crippen LogP contribution in [0.3, 0.4) is 0 Å². The van der Waals surface area contributed by atoms with Crippen molar-refractivity contribution in [2.24, 2.45) is 0 Å². The molecule has 2 aromatic rings. The first-order valence-electron chi connectivity index (χ1n) is 5.57. The number of benzene rings is 1. The van der Waals surface area contributed by atoms with Gasteiger partial charge in [-0.25, -0.2) is 0 Å². The zero-order chi connectivity index (χ0) is 12.5. The van der Waals surface area contributed by atoms with Crippen molar-refractivity contribution >= 4 is 28.6 Å². The van der Waals surface area contributed by atoms with Gasteiger partial charge in [0.1, 0.15) is 11.8 Å². The molecule has 2 N–H and O–H groups in total. The second-order valence-corrected chi connectivity index (χ2v) is 4.97. The molecule has 0 fully saturated rings. The maximum absolute atomic E-state index is 12.0. The highest BCUT2D eigenvalue weighted by atomic mass is 32.1. The summed E-state index contributed by atoms with van der Waals surface area (Å²) in [5.41, 5.74) is 1.67. The molecule has 0 saturated heterocycles. The molecular formula is C13H12N2O2S. The Balaban J connectivity index is 1.95. The van der Waals surface area contributed by atoms with Crippen LogP contribution in [0.1, 0.15) is 10.9 Å². The summed E-state index contributed by atoms with van der Waals surface area (Å²) < 4.78 is 5.14. The van der Waals surface area contributed by atoms with Gasteiger partial charge in [-0.05, 0) is 23.6 Å². The van der Waals surface area contributed by atoms with Crippen molar-refractivity contribution < 1.29 is 9.53 Å². The van der Waals surface area contributed by atoms with E-state index in [4.69, 9.17) is 4.74 Å². The van der Waals surface area contributed by atoms with Crippen molar-refractivity contribution in [3.63, 3.8) is 0 Å². The van der Waals surface area contributed by atoms with Crippen LogP contribution in [0.5, 0.6) is 5.75 Å². The average Bonchev–Trinajstić information content (AvgIpc) is 2.91. The molecule has 0 saturated carbocycles. The Labute approximate surface area is 109 Å². The van der Waals surface area contributed by atoms with Gasteiger partial charge in [0.05, 0.1) is 18.5 Å². The van der Waals surface area contributed by atoms with Crippen molar-refractivity contribution in [1.29, 1.82) is 0 Å². The van der Waals surface area contributed by atoms with Gasteiger partial charge in [0.25, 0.3) is 5.91 Å². The third-order valence-corrected chi connectivity index (χ3v) is 3.81. The molecule has 0 radical (unpaired) electrons. The number of fused-ring (bicyclic) bond motifs is 1. The lowest BCUT2D eigenvalue weighted by Crippen LogP contribution is -2.31. The normalized spacial score (nSPS) is 17.6. The number of nitrogens with one attached hydrogen (secondary N) is 2. The van der Waals surface area contributed by atoms with E-state index in [-0.39, 0.29) is 11.9 Å². The summed E-state index contributed by atoms with van der Waals surface area (Å²) in [6.07, 6.45) is 0. The standard InChI is InChI=1S/C13H12N2O2S/c1-17-8-4-5-9-10(7-8)15-13(16)12(14-9)11-3-2-6-18-11/h2-7,12,14H,1H3,(H,15,16). The first kappa shape index (κ1) is 11.1. The highest BCUT2D eigenvalue weighted by Crippen LogP contribution is 2.35. The van der Waals surface area contributed by atoms with Crippen molar-refractivity contribution in [2.45, 2.75) is 6.04 Å². The number of anilines is 2. The van der Waals surface area contributed by atoms with Gasteiger partial charge >= 0.3 is 0 Å². The maximum Gasteiger partial charge on any atom is 0.252 e. The summed E-state index contributed by atoms with van der Waals surface area (Å²) in [6, 6.07) is 9.17. The van der Waals surface area contributed by atoms with Crippen LogP contribution in [0.2, 0.25) is 0 Å². The average molecular weight is 260 g/mol. The van der Waals surface area contributed by atoms with Gasteiger partial charge in [-0.15, -0.1) is 11.3 Å². The lowest BCUT2D eigenvalue weighted by Gasteiger charge is -2.26. The molecular weight excluding hydrogens is 248 g/mol. The minimum absolute atomic E-state index is 0.0433. The molecule has 92 valence electrons. The van der Waals surface area contributed by atoms with Crippen LogP contribution in [0, 0.1) is 0 Å². The molecule has 4 nitrogen and oxygen atoms in total. The summed E-state index contributed by atoms with van der Waals surface area (Å²) >= 11 is 1.57. The first-order valence-corrected chi connectivity index (χ1v) is 6.45. The Morgan fingerprint density at radius 3 is 2.89 bits per heavy atom. The number of amides is 1. The topological polar surface area (TPSA) is 50.4 Å². The molecule has 0 bridgehead atoms. The van der Waals surface area contributed by atoms with Crippen molar-refractivity contribution in [3.05, 3.63) is 40.6 Å². The maximum atomic E-state index is 12.0. The zero-order valence-corrected chi connectivity index (χ0v) is 10.6. The fourth-order valence-electron chi connectivity index (χ4n) is 1.96. The van der Waals surface area contributed by atoms with Crippen molar-refractivity contribution in [2.75, 3.05) is 17.7 Å². The van der Waals surface area contributed by atoms with Crippen molar-refractivity contribution in [3.8, 4) is 5.75 Å². The lowest BCUT2D eigenvalue weighted by molar-refractivity contribution is -0.117. The van der Waals surface area contributed by atoms with Gasteiger partial charge < -0.3 is 15.4 Å². The van der Waals surface area contributed by atoms with Crippen molar-refractivity contribution in [1.82, 2.24) is 0 Å². The smallest absolute Gasteiger partial charge is 0.252 e. The van der Waals surface area contributed by atoms with E-state index in [2.05, 4.69) is 10.6 Å². The predicted octanol–water partition coefficient (Wildman–Crippen LogP) is 2.86. The molecule has 2 heterocycles. The minimum atomic E-state index is -0.314. The van der Waals surface area contributed by atoms with E-state index in [1.807, 2.05) is 35.7 Å². The van der Waals surface area contributed by atoms with E-state index in [0.717, 1.165) is 22.0 Å².